The molecule has 0 aliphatic carbocycles. The van der Waals surface area contributed by atoms with Gasteiger partial charge in [0.15, 0.2) is 0 Å². The van der Waals surface area contributed by atoms with Crippen LogP contribution in [0.3, 0.4) is 0 Å². The maximum atomic E-state index is 6.12. The summed E-state index contributed by atoms with van der Waals surface area (Å²) in [4.78, 5) is 4.89. The summed E-state index contributed by atoms with van der Waals surface area (Å²) in [6.45, 7) is 7.35. The first-order chi connectivity index (χ1) is 16.5. The van der Waals surface area contributed by atoms with Gasteiger partial charge in [-0.3, -0.25) is 0 Å². The highest BCUT2D eigenvalue weighted by Crippen LogP contribution is 2.31. The number of nitrogens with two attached hydrogens (primary N) is 1. The molecule has 0 spiro atoms. The van der Waals surface area contributed by atoms with E-state index in [0.717, 1.165) is 56.3 Å². The number of aryl methyl sites for hydroxylation is 2. The first-order valence-corrected chi connectivity index (χ1v) is 11.6. The second-order valence-electron chi connectivity index (χ2n) is 8.62. The Morgan fingerprint density at radius 1 is 1.03 bits per heavy atom. The quantitative estimate of drug-likeness (QED) is 0.445. The minimum atomic E-state index is 0.537. The van der Waals surface area contributed by atoms with Gasteiger partial charge in [-0.15, -0.1) is 0 Å². The van der Waals surface area contributed by atoms with Crippen LogP contribution in [0.2, 0.25) is 0 Å². The fourth-order valence-corrected chi connectivity index (χ4v) is 4.31. The second kappa shape index (κ2) is 10.6. The molecule has 170 valence electrons. The summed E-state index contributed by atoms with van der Waals surface area (Å²) in [5, 5.41) is 0. The average Bonchev–Trinajstić information content (AvgIpc) is 3.41. The zero-order chi connectivity index (χ0) is 24.1. The molecule has 0 amide bonds. The molecule has 5 heteroatoms. The van der Waals surface area contributed by atoms with Gasteiger partial charge in [-0.25, -0.2) is 4.99 Å². The minimum absolute atomic E-state index is 0.537. The average molecular weight is 447 g/mol. The van der Waals surface area contributed by atoms with Crippen LogP contribution in [0.5, 0.6) is 5.75 Å². The van der Waals surface area contributed by atoms with Gasteiger partial charge in [-0.2, -0.15) is 0 Å². The molecule has 0 fully saturated rings. The predicted octanol–water partition coefficient (Wildman–Crippen LogP) is 5.79. The van der Waals surface area contributed by atoms with E-state index in [1.807, 2.05) is 36.5 Å². The van der Waals surface area contributed by atoms with Gasteiger partial charge in [-0.05, 0) is 104 Å². The molecule has 4 rings (SSSR count). The number of aliphatic imine (C=N–C) groups is 1. The predicted molar refractivity (Wildman–Crippen MR) is 143 cm³/mol. The maximum Gasteiger partial charge on any atom is 0.234 e. The van der Waals surface area contributed by atoms with Gasteiger partial charge in [0.2, 0.25) is 7.98 Å². The van der Waals surface area contributed by atoms with Crippen LogP contribution in [-0.2, 0) is 6.61 Å². The Kier molecular flexibility index (Phi) is 7.34. The van der Waals surface area contributed by atoms with Crippen LogP contribution in [0.25, 0.3) is 11.6 Å². The number of nitrogens with zero attached hydrogens (tertiary/aromatic N) is 2. The van der Waals surface area contributed by atoms with Crippen molar-refractivity contribution in [3.8, 4) is 5.75 Å². The van der Waals surface area contributed by atoms with Crippen LogP contribution in [0.1, 0.15) is 41.3 Å². The highest BCUT2D eigenvalue weighted by atomic mass is 16.5. The first kappa shape index (κ1) is 23.6. The van der Waals surface area contributed by atoms with Crippen molar-refractivity contribution in [2.45, 2.75) is 33.8 Å². The van der Waals surface area contributed by atoms with Gasteiger partial charge < -0.3 is 14.9 Å². The molecule has 0 bridgehead atoms. The van der Waals surface area contributed by atoms with Crippen LogP contribution < -0.4 is 10.5 Å². The molecule has 3 aromatic rings. The van der Waals surface area contributed by atoms with E-state index in [1.54, 1.807) is 4.48 Å². The number of ether oxygens (including phenoxy) is 1. The van der Waals surface area contributed by atoms with E-state index in [1.165, 1.54) is 0 Å². The van der Waals surface area contributed by atoms with E-state index in [4.69, 9.17) is 23.4 Å². The summed E-state index contributed by atoms with van der Waals surface area (Å²) in [5.74, 6) is 0.941. The first-order valence-electron chi connectivity index (χ1n) is 11.6. The zero-order valence-electron chi connectivity index (χ0n) is 20.1. The number of allylic oxidation sites excluding steroid dienone is 3. The van der Waals surface area contributed by atoms with Gasteiger partial charge in [0.1, 0.15) is 12.4 Å². The third-order valence-electron chi connectivity index (χ3n) is 5.90. The molecule has 0 atom stereocenters. The number of aromatic nitrogens is 1. The maximum absolute atomic E-state index is 6.12. The third kappa shape index (κ3) is 5.32. The molecule has 2 radical (unpaired) electrons. The standard InChI is InChI=1S/C29H30BN3O/c1-20-18-25(32-28(20)26(13-14-31)27-10-7-15-33(27)30)12-11-24-16-21(2)29(22(3)17-24)34-19-23-8-5-4-6-9-23/h4-12,15-18H,13-14,19,31H2,1-3H3. The van der Waals surface area contributed by atoms with E-state index in [9.17, 15) is 0 Å². The number of benzene rings is 2. The third-order valence-corrected chi connectivity index (χ3v) is 5.90. The van der Waals surface area contributed by atoms with Gasteiger partial charge in [-0.1, -0.05) is 36.4 Å². The Hall–Kier alpha value is -3.57. The van der Waals surface area contributed by atoms with Crippen molar-refractivity contribution in [1.82, 2.24) is 4.48 Å². The lowest BCUT2D eigenvalue weighted by molar-refractivity contribution is 0.302. The van der Waals surface area contributed by atoms with Gasteiger partial charge >= 0.3 is 0 Å². The van der Waals surface area contributed by atoms with E-state index < -0.39 is 0 Å². The van der Waals surface area contributed by atoms with Crippen molar-refractivity contribution in [3.63, 3.8) is 0 Å². The SMILES string of the molecule is [B]n1cccc1C(CCN)=C1N=C(C=Cc2cc(C)c(OCc3ccccc3)c(C)c2)C=C1C. The normalized spacial score (nSPS) is 14.9. The van der Waals surface area contributed by atoms with E-state index in [2.05, 4.69) is 63.3 Å². The number of hydrogen-bond acceptors (Lipinski definition) is 3. The minimum Gasteiger partial charge on any atom is -0.488 e. The van der Waals surface area contributed by atoms with E-state index in [-0.39, 0.29) is 0 Å². The Morgan fingerprint density at radius 3 is 2.41 bits per heavy atom. The van der Waals surface area contributed by atoms with Crippen LogP contribution in [0, 0.1) is 13.8 Å². The molecule has 0 saturated carbocycles. The monoisotopic (exact) mass is 447 g/mol. The zero-order valence-corrected chi connectivity index (χ0v) is 20.1. The molecule has 1 aliphatic heterocycles. The lowest BCUT2D eigenvalue weighted by Crippen LogP contribution is -2.05. The van der Waals surface area contributed by atoms with Gasteiger partial charge in [0.25, 0.3) is 0 Å². The molecule has 4 nitrogen and oxygen atoms in total. The van der Waals surface area contributed by atoms with E-state index >= 15 is 0 Å². The molecule has 1 aliphatic rings. The van der Waals surface area contributed by atoms with Crippen LogP contribution in [-0.4, -0.2) is 24.7 Å². The molecule has 0 saturated heterocycles. The van der Waals surface area contributed by atoms with Crippen LogP contribution in [0.15, 0.2) is 89.2 Å². The lowest BCUT2D eigenvalue weighted by atomic mass is 10.0. The lowest BCUT2D eigenvalue weighted by Gasteiger charge is -2.13. The summed E-state index contributed by atoms with van der Waals surface area (Å²) in [6, 6.07) is 18.5. The number of rotatable bonds is 8. The van der Waals surface area contributed by atoms with Crippen molar-refractivity contribution < 1.29 is 4.74 Å². The largest absolute Gasteiger partial charge is 0.488 e. The van der Waals surface area contributed by atoms with Crippen molar-refractivity contribution in [2.75, 3.05) is 6.54 Å². The Labute approximate surface area is 203 Å². The molecule has 0 unspecified atom stereocenters. The Bertz CT molecular complexity index is 1270. The van der Waals surface area contributed by atoms with Gasteiger partial charge in [0.05, 0.1) is 11.4 Å². The van der Waals surface area contributed by atoms with Crippen molar-refractivity contribution in [2.24, 2.45) is 10.7 Å². The number of hydrogen-bond donors (Lipinski definition) is 1. The second-order valence-corrected chi connectivity index (χ2v) is 8.62. The fourth-order valence-electron chi connectivity index (χ4n) is 4.31. The smallest absolute Gasteiger partial charge is 0.234 e. The van der Waals surface area contributed by atoms with Crippen molar-refractivity contribution >= 4 is 25.3 Å². The molecule has 34 heavy (non-hydrogen) atoms. The Balaban J connectivity index is 1.55. The summed E-state index contributed by atoms with van der Waals surface area (Å²) in [7, 11) is 6.10. The van der Waals surface area contributed by atoms with Crippen molar-refractivity contribution in [3.05, 3.63) is 112 Å². The molecular weight excluding hydrogens is 417 g/mol. The molecule has 1 aromatic heterocycles. The summed E-state index contributed by atoms with van der Waals surface area (Å²) in [6.07, 6.45) is 8.80. The highest BCUT2D eigenvalue weighted by Gasteiger charge is 2.17. The summed E-state index contributed by atoms with van der Waals surface area (Å²) >= 11 is 0. The summed E-state index contributed by atoms with van der Waals surface area (Å²) in [5.41, 5.74) is 15.4. The van der Waals surface area contributed by atoms with Gasteiger partial charge in [0, 0.05) is 11.3 Å². The molecule has 2 aromatic carbocycles. The van der Waals surface area contributed by atoms with Crippen molar-refractivity contribution in [1.29, 1.82) is 0 Å². The molecular formula is C29H30BN3O. The highest BCUT2D eigenvalue weighted by molar-refractivity contribution is 6.11. The summed E-state index contributed by atoms with van der Waals surface area (Å²) < 4.78 is 7.75. The van der Waals surface area contributed by atoms with E-state index in [0.29, 0.717) is 19.6 Å². The fraction of sp³-hybridized carbons (Fsp3) is 0.207. The topological polar surface area (TPSA) is 52.5 Å². The Morgan fingerprint density at radius 2 is 1.76 bits per heavy atom. The molecule has 2 heterocycles. The van der Waals surface area contributed by atoms with Crippen LogP contribution in [0.4, 0.5) is 0 Å². The van der Waals surface area contributed by atoms with Crippen LogP contribution >= 0.6 is 0 Å². The molecule has 2 N–H and O–H groups in total.